The Morgan fingerprint density at radius 1 is 1.13 bits per heavy atom. The molecule has 0 radical (unpaired) electrons. The summed E-state index contributed by atoms with van der Waals surface area (Å²) < 4.78 is 0. The number of pyridine rings is 1. The zero-order valence-corrected chi connectivity index (χ0v) is 7.86. The van der Waals surface area contributed by atoms with Crippen LogP contribution < -0.4 is 5.73 Å². The summed E-state index contributed by atoms with van der Waals surface area (Å²) in [4.78, 5) is 7.07. The van der Waals surface area contributed by atoms with E-state index in [0.717, 1.165) is 16.3 Å². The summed E-state index contributed by atoms with van der Waals surface area (Å²) in [5, 5.41) is 11.6. The molecule has 0 atom stereocenters. The van der Waals surface area contributed by atoms with Crippen molar-refractivity contribution in [2.24, 2.45) is 0 Å². The normalized spacial score (nSPS) is 11.2. The molecule has 0 aliphatic carbocycles. The highest BCUT2D eigenvalue weighted by Gasteiger charge is 2.08. The van der Waals surface area contributed by atoms with Gasteiger partial charge in [-0.05, 0) is 12.1 Å². The average Bonchev–Trinajstić information content (AvgIpc) is 2.60. The summed E-state index contributed by atoms with van der Waals surface area (Å²) in [6, 6.07) is 7.26. The Balaban J connectivity index is 2.63. The number of nitrogens with two attached hydrogens (primary N) is 1. The molecule has 0 amide bonds. The molecule has 3 aromatic rings. The van der Waals surface area contributed by atoms with Crippen molar-refractivity contribution in [3.63, 3.8) is 0 Å². The quantitative estimate of drug-likeness (QED) is 0.518. The van der Waals surface area contributed by atoms with Crippen LogP contribution in [0.1, 0.15) is 0 Å². The number of nitrogen functional groups attached to an aromatic ring is 1. The van der Waals surface area contributed by atoms with Crippen molar-refractivity contribution in [3.05, 3.63) is 30.5 Å². The summed E-state index contributed by atoms with van der Waals surface area (Å²) in [7, 11) is 0. The van der Waals surface area contributed by atoms with Crippen molar-refractivity contribution in [1.29, 1.82) is 0 Å². The summed E-state index contributed by atoms with van der Waals surface area (Å²) in [5.41, 5.74) is 7.22. The van der Waals surface area contributed by atoms with Crippen molar-refractivity contribution in [3.8, 4) is 5.75 Å². The zero-order chi connectivity index (χ0) is 10.4. The van der Waals surface area contributed by atoms with Crippen LogP contribution in [0.4, 0.5) is 5.82 Å². The van der Waals surface area contributed by atoms with Gasteiger partial charge in [0.25, 0.3) is 0 Å². The van der Waals surface area contributed by atoms with Crippen LogP contribution in [0.15, 0.2) is 30.5 Å². The molecule has 0 aliphatic heterocycles. The second kappa shape index (κ2) is 2.63. The molecule has 0 aliphatic rings. The summed E-state index contributed by atoms with van der Waals surface area (Å²) >= 11 is 0. The highest BCUT2D eigenvalue weighted by Crippen LogP contribution is 2.32. The van der Waals surface area contributed by atoms with Crippen LogP contribution in [0.3, 0.4) is 0 Å². The molecule has 15 heavy (non-hydrogen) atoms. The van der Waals surface area contributed by atoms with Crippen molar-refractivity contribution in [2.45, 2.75) is 0 Å². The first-order chi connectivity index (χ1) is 7.27. The van der Waals surface area contributed by atoms with Crippen LogP contribution in [0.25, 0.3) is 21.8 Å². The third-order valence-corrected chi connectivity index (χ3v) is 2.56. The van der Waals surface area contributed by atoms with Crippen molar-refractivity contribution in [2.75, 3.05) is 5.73 Å². The van der Waals surface area contributed by atoms with Gasteiger partial charge in [0.1, 0.15) is 11.6 Å². The second-order valence-electron chi connectivity index (χ2n) is 3.44. The Bertz CT molecular complexity index is 601. The molecular formula is C11H9N3O. The molecule has 4 N–H and O–H groups in total. The number of H-pyrrole nitrogens is 1. The molecule has 0 unspecified atom stereocenters. The minimum atomic E-state index is 0.225. The number of nitrogens with zero attached hydrogens (tertiary/aromatic N) is 1. The fourth-order valence-corrected chi connectivity index (χ4v) is 1.85. The number of anilines is 1. The molecule has 74 valence electrons. The first kappa shape index (κ1) is 8.11. The summed E-state index contributed by atoms with van der Waals surface area (Å²) in [6.07, 6.45) is 1.66. The van der Waals surface area contributed by atoms with E-state index in [2.05, 4.69) is 9.97 Å². The van der Waals surface area contributed by atoms with Gasteiger partial charge in [-0.3, -0.25) is 0 Å². The Morgan fingerprint density at radius 3 is 2.80 bits per heavy atom. The van der Waals surface area contributed by atoms with E-state index >= 15 is 0 Å². The largest absolute Gasteiger partial charge is 0.506 e. The first-order valence-corrected chi connectivity index (χ1v) is 4.61. The van der Waals surface area contributed by atoms with Crippen LogP contribution in [-0.4, -0.2) is 15.1 Å². The van der Waals surface area contributed by atoms with E-state index in [4.69, 9.17) is 5.73 Å². The third-order valence-electron chi connectivity index (χ3n) is 2.56. The summed E-state index contributed by atoms with van der Waals surface area (Å²) in [5.74, 6) is 0.672. The first-order valence-electron chi connectivity index (χ1n) is 4.61. The number of fused-ring (bicyclic) bond motifs is 3. The molecule has 2 aromatic heterocycles. The molecule has 3 rings (SSSR count). The highest BCUT2D eigenvalue weighted by atomic mass is 16.3. The van der Waals surface area contributed by atoms with Gasteiger partial charge < -0.3 is 15.8 Å². The van der Waals surface area contributed by atoms with E-state index in [1.54, 1.807) is 12.3 Å². The maximum atomic E-state index is 9.67. The maximum absolute atomic E-state index is 9.67. The molecule has 0 fully saturated rings. The molecule has 1 aromatic carbocycles. The minimum Gasteiger partial charge on any atom is -0.506 e. The second-order valence-corrected chi connectivity index (χ2v) is 3.44. The van der Waals surface area contributed by atoms with Gasteiger partial charge in [0.15, 0.2) is 0 Å². The maximum Gasteiger partial charge on any atom is 0.147 e. The van der Waals surface area contributed by atoms with E-state index in [0.29, 0.717) is 11.3 Å². The smallest absolute Gasteiger partial charge is 0.147 e. The van der Waals surface area contributed by atoms with Gasteiger partial charge in [0.2, 0.25) is 0 Å². The van der Waals surface area contributed by atoms with Crippen molar-refractivity contribution < 1.29 is 5.11 Å². The molecule has 0 spiro atoms. The van der Waals surface area contributed by atoms with Gasteiger partial charge in [-0.1, -0.05) is 12.1 Å². The van der Waals surface area contributed by atoms with Gasteiger partial charge in [-0.15, -0.1) is 0 Å². The standard InChI is InChI=1S/C11H9N3O/c12-11-10-7(4-5-13-11)6-2-1-3-8(15)9(6)14-10/h1-5,14-15H,(H2,12,13). The number of hydrogen-bond donors (Lipinski definition) is 3. The van der Waals surface area contributed by atoms with Crippen LogP contribution >= 0.6 is 0 Å². The van der Waals surface area contributed by atoms with Gasteiger partial charge in [-0.2, -0.15) is 0 Å². The number of rotatable bonds is 0. The number of phenols is 1. The number of aromatic nitrogens is 2. The lowest BCUT2D eigenvalue weighted by atomic mass is 10.2. The molecule has 4 heteroatoms. The number of para-hydroxylation sites is 1. The predicted molar refractivity (Wildman–Crippen MR) is 59.7 cm³/mol. The van der Waals surface area contributed by atoms with Crippen LogP contribution in [0, 0.1) is 0 Å². The monoisotopic (exact) mass is 199 g/mol. The molecule has 0 saturated heterocycles. The van der Waals surface area contributed by atoms with E-state index in [-0.39, 0.29) is 5.75 Å². The van der Waals surface area contributed by atoms with Crippen LogP contribution in [-0.2, 0) is 0 Å². The molecule has 0 bridgehead atoms. The van der Waals surface area contributed by atoms with E-state index in [1.807, 2.05) is 18.2 Å². The van der Waals surface area contributed by atoms with Gasteiger partial charge in [0, 0.05) is 17.0 Å². The fraction of sp³-hybridized carbons (Fsp3) is 0. The number of aromatic amines is 1. The highest BCUT2D eigenvalue weighted by molar-refractivity contribution is 6.11. The topological polar surface area (TPSA) is 74.9 Å². The summed E-state index contributed by atoms with van der Waals surface area (Å²) in [6.45, 7) is 0. The van der Waals surface area contributed by atoms with Crippen LogP contribution in [0.2, 0.25) is 0 Å². The SMILES string of the molecule is Nc1nccc2c1[nH]c1c(O)cccc12. The Hall–Kier alpha value is -2.23. The lowest BCUT2D eigenvalue weighted by Crippen LogP contribution is -1.89. The van der Waals surface area contributed by atoms with Crippen LogP contribution in [0.5, 0.6) is 5.75 Å². The Kier molecular flexibility index (Phi) is 1.42. The van der Waals surface area contributed by atoms with Gasteiger partial charge >= 0.3 is 0 Å². The number of aromatic hydroxyl groups is 1. The van der Waals surface area contributed by atoms with Gasteiger partial charge in [-0.25, -0.2) is 4.98 Å². The fourth-order valence-electron chi connectivity index (χ4n) is 1.85. The van der Waals surface area contributed by atoms with E-state index < -0.39 is 0 Å². The number of nitrogens with one attached hydrogen (secondary N) is 1. The minimum absolute atomic E-state index is 0.225. The lowest BCUT2D eigenvalue weighted by Gasteiger charge is -1.93. The van der Waals surface area contributed by atoms with Crippen molar-refractivity contribution >= 4 is 27.6 Å². The third kappa shape index (κ3) is 0.985. The predicted octanol–water partition coefficient (Wildman–Crippen LogP) is 2.00. The molecular weight excluding hydrogens is 190 g/mol. The molecule has 0 saturated carbocycles. The average molecular weight is 199 g/mol. The Labute approximate surface area is 85.4 Å². The van der Waals surface area contributed by atoms with E-state index in [9.17, 15) is 5.11 Å². The molecule has 2 heterocycles. The number of benzene rings is 1. The number of hydrogen-bond acceptors (Lipinski definition) is 3. The lowest BCUT2D eigenvalue weighted by molar-refractivity contribution is 0.480. The van der Waals surface area contributed by atoms with Crippen molar-refractivity contribution in [1.82, 2.24) is 9.97 Å². The molecule has 4 nitrogen and oxygen atoms in total. The van der Waals surface area contributed by atoms with Gasteiger partial charge in [0.05, 0.1) is 11.0 Å². The number of phenolic OH excluding ortho intramolecular Hbond substituents is 1. The zero-order valence-electron chi connectivity index (χ0n) is 7.86. The van der Waals surface area contributed by atoms with E-state index in [1.165, 1.54) is 0 Å². The Morgan fingerprint density at radius 2 is 1.93 bits per heavy atom.